The fourth-order valence-electron chi connectivity index (χ4n) is 2.81. The monoisotopic (exact) mass is 431 g/mol. The predicted molar refractivity (Wildman–Crippen MR) is 112 cm³/mol. The smallest absolute Gasteiger partial charge is 0.213 e. The van der Waals surface area contributed by atoms with E-state index in [9.17, 15) is 5.11 Å². The highest BCUT2D eigenvalue weighted by Gasteiger charge is 2.15. The SMILES string of the molecule is Cn1nnnc1Sc1cc(NCc2ccc(Cl)c(Cl)c2)c2ccccc2c1O. The average Bonchev–Trinajstić information content (AvgIpc) is 3.10. The number of phenolic OH excluding ortho intramolecular Hbond substituents is 1. The molecule has 0 bridgehead atoms. The number of aromatic hydroxyl groups is 1. The molecule has 0 fully saturated rings. The minimum absolute atomic E-state index is 0.198. The van der Waals surface area contributed by atoms with Crippen molar-refractivity contribution in [3.8, 4) is 5.75 Å². The molecule has 6 nitrogen and oxygen atoms in total. The van der Waals surface area contributed by atoms with Crippen molar-refractivity contribution in [2.75, 3.05) is 5.32 Å². The van der Waals surface area contributed by atoms with E-state index in [4.69, 9.17) is 23.2 Å². The van der Waals surface area contributed by atoms with Crippen LogP contribution in [-0.4, -0.2) is 25.3 Å². The Balaban J connectivity index is 1.71. The summed E-state index contributed by atoms with van der Waals surface area (Å²) in [6.45, 7) is 0.557. The number of aromatic nitrogens is 4. The lowest BCUT2D eigenvalue weighted by Gasteiger charge is -2.14. The van der Waals surface area contributed by atoms with Crippen LogP contribution < -0.4 is 5.32 Å². The molecule has 0 saturated heterocycles. The van der Waals surface area contributed by atoms with E-state index in [0.29, 0.717) is 26.6 Å². The van der Waals surface area contributed by atoms with Gasteiger partial charge in [-0.25, -0.2) is 4.68 Å². The van der Waals surface area contributed by atoms with Crippen LogP contribution in [0.3, 0.4) is 0 Å². The van der Waals surface area contributed by atoms with Crippen LogP contribution in [0.1, 0.15) is 5.56 Å². The second kappa shape index (κ2) is 7.87. The van der Waals surface area contributed by atoms with Crippen LogP contribution in [0.15, 0.2) is 58.6 Å². The molecule has 3 aromatic carbocycles. The van der Waals surface area contributed by atoms with Gasteiger partial charge in [0.05, 0.1) is 14.9 Å². The number of nitrogens with zero attached hydrogens (tertiary/aromatic N) is 4. The predicted octanol–water partition coefficient (Wildman–Crippen LogP) is 5.14. The van der Waals surface area contributed by atoms with Gasteiger partial charge in [0.2, 0.25) is 5.16 Å². The molecular weight excluding hydrogens is 417 g/mol. The van der Waals surface area contributed by atoms with Crippen molar-refractivity contribution < 1.29 is 5.11 Å². The van der Waals surface area contributed by atoms with Crippen LogP contribution in [0.25, 0.3) is 10.8 Å². The first-order valence-electron chi connectivity index (χ1n) is 8.35. The Morgan fingerprint density at radius 3 is 2.57 bits per heavy atom. The van der Waals surface area contributed by atoms with Crippen LogP contribution in [0.4, 0.5) is 5.69 Å². The number of fused-ring (bicyclic) bond motifs is 1. The van der Waals surface area contributed by atoms with Gasteiger partial charge in [-0.2, -0.15) is 0 Å². The van der Waals surface area contributed by atoms with E-state index in [1.54, 1.807) is 17.8 Å². The number of benzene rings is 3. The summed E-state index contributed by atoms with van der Waals surface area (Å²) in [5, 5.41) is 28.9. The molecule has 142 valence electrons. The summed E-state index contributed by atoms with van der Waals surface area (Å²) >= 11 is 13.4. The third kappa shape index (κ3) is 3.73. The minimum atomic E-state index is 0.198. The average molecular weight is 432 g/mol. The number of phenols is 1. The van der Waals surface area contributed by atoms with Crippen molar-refractivity contribution in [3.05, 3.63) is 64.1 Å². The Kier molecular flexibility index (Phi) is 5.30. The van der Waals surface area contributed by atoms with Gasteiger partial charge in [-0.3, -0.25) is 0 Å². The van der Waals surface area contributed by atoms with Gasteiger partial charge in [-0.15, -0.1) is 5.10 Å². The Hall–Kier alpha value is -2.48. The molecule has 0 aliphatic heterocycles. The van der Waals surface area contributed by atoms with E-state index < -0.39 is 0 Å². The van der Waals surface area contributed by atoms with E-state index in [0.717, 1.165) is 22.0 Å². The molecule has 0 amide bonds. The zero-order chi connectivity index (χ0) is 19.7. The van der Waals surface area contributed by atoms with E-state index in [-0.39, 0.29) is 5.75 Å². The molecule has 4 aromatic rings. The third-order valence-corrected chi connectivity index (χ3v) is 6.03. The number of aryl methyl sites for hydroxylation is 1. The Bertz CT molecular complexity index is 1160. The summed E-state index contributed by atoms with van der Waals surface area (Å²) in [4.78, 5) is 0.660. The molecule has 2 N–H and O–H groups in total. The van der Waals surface area contributed by atoms with Gasteiger partial charge < -0.3 is 10.4 Å². The molecule has 1 aromatic heterocycles. The molecule has 0 saturated carbocycles. The van der Waals surface area contributed by atoms with Gasteiger partial charge >= 0.3 is 0 Å². The highest BCUT2D eigenvalue weighted by Crippen LogP contribution is 2.41. The zero-order valence-electron chi connectivity index (χ0n) is 14.7. The largest absolute Gasteiger partial charge is 0.506 e. The second-order valence-corrected chi connectivity index (χ2v) is 7.93. The lowest BCUT2D eigenvalue weighted by atomic mass is 10.1. The number of hydrogen-bond acceptors (Lipinski definition) is 6. The highest BCUT2D eigenvalue weighted by molar-refractivity contribution is 7.99. The number of rotatable bonds is 5. The molecule has 0 unspecified atom stereocenters. The van der Waals surface area contributed by atoms with E-state index in [2.05, 4.69) is 20.8 Å². The van der Waals surface area contributed by atoms with Gasteiger partial charge in [0.1, 0.15) is 5.75 Å². The molecule has 0 aliphatic carbocycles. The van der Waals surface area contributed by atoms with Crippen molar-refractivity contribution >= 4 is 51.4 Å². The number of anilines is 1. The minimum Gasteiger partial charge on any atom is -0.506 e. The topological polar surface area (TPSA) is 75.9 Å². The lowest BCUT2D eigenvalue weighted by molar-refractivity contribution is 0.469. The molecule has 0 spiro atoms. The third-order valence-electron chi connectivity index (χ3n) is 4.23. The Morgan fingerprint density at radius 1 is 1.07 bits per heavy atom. The molecule has 0 aliphatic rings. The van der Waals surface area contributed by atoms with Crippen LogP contribution in [0, 0.1) is 0 Å². The van der Waals surface area contributed by atoms with Crippen molar-refractivity contribution in [3.63, 3.8) is 0 Å². The number of nitrogens with one attached hydrogen (secondary N) is 1. The molecule has 9 heteroatoms. The summed E-state index contributed by atoms with van der Waals surface area (Å²) in [6.07, 6.45) is 0. The summed E-state index contributed by atoms with van der Waals surface area (Å²) in [7, 11) is 1.75. The standard InChI is InChI=1S/C19H15Cl2N5OS/c1-26-19(23-24-25-26)28-17-9-16(12-4-2-3-5-13(12)18(17)27)22-10-11-6-7-14(20)15(21)8-11/h2-9,22,27H,10H2,1H3. The maximum atomic E-state index is 10.8. The zero-order valence-corrected chi connectivity index (χ0v) is 17.1. The first kappa shape index (κ1) is 18.9. The maximum Gasteiger partial charge on any atom is 0.213 e. The van der Waals surface area contributed by atoms with Crippen molar-refractivity contribution in [2.24, 2.45) is 7.05 Å². The summed E-state index contributed by atoms with van der Waals surface area (Å²) in [6, 6.07) is 15.1. The first-order chi connectivity index (χ1) is 13.5. The molecule has 4 rings (SSSR count). The van der Waals surface area contributed by atoms with Crippen LogP contribution in [0.5, 0.6) is 5.75 Å². The van der Waals surface area contributed by atoms with Crippen molar-refractivity contribution in [2.45, 2.75) is 16.6 Å². The lowest BCUT2D eigenvalue weighted by Crippen LogP contribution is -2.01. The van der Waals surface area contributed by atoms with Gasteiger partial charge in [0.15, 0.2) is 0 Å². The highest BCUT2D eigenvalue weighted by atomic mass is 35.5. The van der Waals surface area contributed by atoms with Gasteiger partial charge in [0.25, 0.3) is 0 Å². The van der Waals surface area contributed by atoms with Crippen molar-refractivity contribution in [1.82, 2.24) is 20.2 Å². The van der Waals surface area contributed by atoms with E-state index >= 15 is 0 Å². The van der Waals surface area contributed by atoms with Gasteiger partial charge in [0, 0.05) is 30.1 Å². The second-order valence-electron chi connectivity index (χ2n) is 6.11. The van der Waals surface area contributed by atoms with E-state index in [1.165, 1.54) is 11.8 Å². The first-order valence-corrected chi connectivity index (χ1v) is 9.93. The van der Waals surface area contributed by atoms with Crippen molar-refractivity contribution in [1.29, 1.82) is 0 Å². The van der Waals surface area contributed by atoms with E-state index in [1.807, 2.05) is 42.5 Å². The van der Waals surface area contributed by atoms with Crippen LogP contribution in [0.2, 0.25) is 10.0 Å². The fraction of sp³-hybridized carbons (Fsp3) is 0.105. The number of halogens is 2. The molecular formula is C19H15Cl2N5OS. The quantitative estimate of drug-likeness (QED) is 0.426. The molecule has 0 radical (unpaired) electrons. The van der Waals surface area contributed by atoms with Crippen LogP contribution in [-0.2, 0) is 13.6 Å². The van der Waals surface area contributed by atoms with Crippen LogP contribution >= 0.6 is 35.0 Å². The fourth-order valence-corrected chi connectivity index (χ4v) is 3.96. The molecule has 1 heterocycles. The number of hydrogen-bond donors (Lipinski definition) is 2. The summed E-state index contributed by atoms with van der Waals surface area (Å²) in [5.74, 6) is 0.198. The molecule has 0 atom stereocenters. The maximum absolute atomic E-state index is 10.8. The van der Waals surface area contributed by atoms with Gasteiger partial charge in [-0.1, -0.05) is 53.5 Å². The number of tetrazole rings is 1. The summed E-state index contributed by atoms with van der Waals surface area (Å²) in [5.41, 5.74) is 1.88. The Morgan fingerprint density at radius 2 is 1.86 bits per heavy atom. The van der Waals surface area contributed by atoms with Gasteiger partial charge in [-0.05, 0) is 46.0 Å². The normalized spacial score (nSPS) is 11.1. The summed E-state index contributed by atoms with van der Waals surface area (Å²) < 4.78 is 1.56. The Labute approximate surface area is 175 Å². The molecule has 28 heavy (non-hydrogen) atoms.